The Morgan fingerprint density at radius 2 is 1.54 bits per heavy atom. The number of hydrogen-bond donors (Lipinski definition) is 2. The molecular weight excluding hydrogens is 304 g/mol. The van der Waals surface area contributed by atoms with Crippen molar-refractivity contribution in [3.8, 4) is 5.75 Å². The Kier molecular flexibility index (Phi) is 5.58. The Labute approximate surface area is 142 Å². The van der Waals surface area contributed by atoms with Gasteiger partial charge in [-0.1, -0.05) is 12.1 Å². The molecule has 0 fully saturated rings. The van der Waals surface area contributed by atoms with Crippen LogP contribution in [0, 0.1) is 13.8 Å². The second kappa shape index (κ2) is 7.64. The molecular formula is C19H22N2O3. The Morgan fingerprint density at radius 1 is 0.958 bits per heavy atom. The lowest BCUT2D eigenvalue weighted by atomic mass is 10.1. The largest absolute Gasteiger partial charge is 0.481 e. The molecule has 126 valence electrons. The van der Waals surface area contributed by atoms with Gasteiger partial charge in [-0.15, -0.1) is 0 Å². The molecule has 0 aliphatic rings. The van der Waals surface area contributed by atoms with Crippen LogP contribution in [0.3, 0.4) is 0 Å². The number of hydrogen-bond acceptors (Lipinski definition) is 3. The second-order valence-electron chi connectivity index (χ2n) is 5.71. The molecule has 0 unspecified atom stereocenters. The standard InChI is InChI=1S/C19H22N2O3/c1-12-6-5-7-18(13(12)2)24-14(3)19(23)21-17-10-8-16(9-11-17)20-15(4)22/h5-11,14H,1-4H3,(H,20,22)(H,21,23)/t14-/m1/s1. The number of ether oxygens (including phenoxy) is 1. The number of rotatable bonds is 5. The molecule has 0 aromatic heterocycles. The molecule has 2 amide bonds. The van der Waals surface area contributed by atoms with Crippen molar-refractivity contribution in [1.29, 1.82) is 0 Å². The fraction of sp³-hybridized carbons (Fsp3) is 0.263. The summed E-state index contributed by atoms with van der Waals surface area (Å²) in [5.74, 6) is 0.337. The van der Waals surface area contributed by atoms with E-state index < -0.39 is 6.10 Å². The molecule has 0 bridgehead atoms. The van der Waals surface area contributed by atoms with Crippen LogP contribution < -0.4 is 15.4 Å². The Bertz CT molecular complexity index is 739. The van der Waals surface area contributed by atoms with Crippen molar-refractivity contribution in [2.24, 2.45) is 0 Å². The Balaban J connectivity index is 1.98. The first-order valence-electron chi connectivity index (χ1n) is 7.78. The number of anilines is 2. The summed E-state index contributed by atoms with van der Waals surface area (Å²) in [6.07, 6.45) is -0.625. The van der Waals surface area contributed by atoms with Crippen LogP contribution in [0.2, 0.25) is 0 Å². The summed E-state index contributed by atoms with van der Waals surface area (Å²) in [5.41, 5.74) is 3.47. The van der Waals surface area contributed by atoms with Gasteiger partial charge in [-0.3, -0.25) is 9.59 Å². The van der Waals surface area contributed by atoms with Crippen LogP contribution in [-0.2, 0) is 9.59 Å². The molecule has 1 atom stereocenters. The number of aryl methyl sites for hydroxylation is 1. The monoisotopic (exact) mass is 326 g/mol. The van der Waals surface area contributed by atoms with Crippen molar-refractivity contribution >= 4 is 23.2 Å². The van der Waals surface area contributed by atoms with E-state index in [9.17, 15) is 9.59 Å². The maximum absolute atomic E-state index is 12.3. The van der Waals surface area contributed by atoms with Crippen LogP contribution in [0.4, 0.5) is 11.4 Å². The van der Waals surface area contributed by atoms with Crippen LogP contribution in [0.1, 0.15) is 25.0 Å². The summed E-state index contributed by atoms with van der Waals surface area (Å²) in [7, 11) is 0. The van der Waals surface area contributed by atoms with Crippen molar-refractivity contribution in [1.82, 2.24) is 0 Å². The van der Waals surface area contributed by atoms with E-state index in [-0.39, 0.29) is 11.8 Å². The normalized spacial score (nSPS) is 11.5. The van der Waals surface area contributed by atoms with Crippen LogP contribution in [-0.4, -0.2) is 17.9 Å². The third-order valence-electron chi connectivity index (χ3n) is 3.70. The first-order valence-corrected chi connectivity index (χ1v) is 7.78. The van der Waals surface area contributed by atoms with Crippen molar-refractivity contribution in [2.75, 3.05) is 10.6 Å². The van der Waals surface area contributed by atoms with Crippen LogP contribution >= 0.6 is 0 Å². The van der Waals surface area contributed by atoms with E-state index in [1.165, 1.54) is 6.92 Å². The summed E-state index contributed by atoms with van der Waals surface area (Å²) in [5, 5.41) is 5.48. The van der Waals surface area contributed by atoms with E-state index in [4.69, 9.17) is 4.74 Å². The minimum atomic E-state index is -0.625. The third kappa shape index (κ3) is 4.59. The molecule has 0 aliphatic carbocycles. The van der Waals surface area contributed by atoms with Gasteiger partial charge in [-0.2, -0.15) is 0 Å². The number of carbonyl (C=O) groups excluding carboxylic acids is 2. The molecule has 2 aromatic rings. The van der Waals surface area contributed by atoms with Gasteiger partial charge in [0.1, 0.15) is 5.75 Å². The summed E-state index contributed by atoms with van der Waals surface area (Å²) in [6.45, 7) is 7.13. The minimum absolute atomic E-state index is 0.137. The smallest absolute Gasteiger partial charge is 0.265 e. The van der Waals surface area contributed by atoms with Gasteiger partial charge in [0.25, 0.3) is 5.91 Å². The number of benzene rings is 2. The highest BCUT2D eigenvalue weighted by Gasteiger charge is 2.16. The van der Waals surface area contributed by atoms with Gasteiger partial charge in [0.2, 0.25) is 5.91 Å². The van der Waals surface area contributed by atoms with Gasteiger partial charge in [-0.25, -0.2) is 0 Å². The summed E-state index contributed by atoms with van der Waals surface area (Å²) >= 11 is 0. The highest BCUT2D eigenvalue weighted by molar-refractivity contribution is 5.94. The molecule has 0 aliphatic heterocycles. The number of carbonyl (C=O) groups is 2. The minimum Gasteiger partial charge on any atom is -0.481 e. The molecule has 0 saturated heterocycles. The van der Waals surface area contributed by atoms with Crippen LogP contribution in [0.15, 0.2) is 42.5 Å². The molecule has 2 aromatic carbocycles. The maximum Gasteiger partial charge on any atom is 0.265 e. The van der Waals surface area contributed by atoms with E-state index in [0.29, 0.717) is 17.1 Å². The van der Waals surface area contributed by atoms with Gasteiger partial charge in [0.15, 0.2) is 6.10 Å². The van der Waals surface area contributed by atoms with Crippen LogP contribution in [0.25, 0.3) is 0 Å². The average Bonchev–Trinajstić information content (AvgIpc) is 2.53. The van der Waals surface area contributed by atoms with Gasteiger partial charge in [0.05, 0.1) is 0 Å². The van der Waals surface area contributed by atoms with Gasteiger partial charge >= 0.3 is 0 Å². The lowest BCUT2D eigenvalue weighted by molar-refractivity contribution is -0.122. The summed E-state index contributed by atoms with van der Waals surface area (Å²) in [6, 6.07) is 12.7. The molecule has 2 N–H and O–H groups in total. The lowest BCUT2D eigenvalue weighted by Gasteiger charge is -2.17. The highest BCUT2D eigenvalue weighted by atomic mass is 16.5. The van der Waals surface area contributed by atoms with Crippen molar-refractivity contribution in [2.45, 2.75) is 33.8 Å². The highest BCUT2D eigenvalue weighted by Crippen LogP contribution is 2.22. The molecule has 24 heavy (non-hydrogen) atoms. The SMILES string of the molecule is CC(=O)Nc1ccc(NC(=O)[C@@H](C)Oc2cccc(C)c2C)cc1. The summed E-state index contributed by atoms with van der Waals surface area (Å²) in [4.78, 5) is 23.3. The maximum atomic E-state index is 12.3. The molecule has 2 rings (SSSR count). The predicted molar refractivity (Wildman–Crippen MR) is 95.4 cm³/mol. The molecule has 0 saturated carbocycles. The first-order chi connectivity index (χ1) is 11.4. The van der Waals surface area contributed by atoms with Crippen molar-refractivity contribution < 1.29 is 14.3 Å². The van der Waals surface area contributed by atoms with Crippen molar-refractivity contribution in [3.05, 3.63) is 53.6 Å². The van der Waals surface area contributed by atoms with E-state index in [2.05, 4.69) is 10.6 Å². The zero-order valence-corrected chi connectivity index (χ0v) is 14.3. The predicted octanol–water partition coefficient (Wildman–Crippen LogP) is 3.67. The molecule has 0 heterocycles. The fourth-order valence-corrected chi connectivity index (χ4v) is 2.18. The molecule has 0 radical (unpaired) electrons. The average molecular weight is 326 g/mol. The van der Waals surface area contributed by atoms with Gasteiger partial charge in [-0.05, 0) is 62.2 Å². The van der Waals surface area contributed by atoms with Crippen molar-refractivity contribution in [3.63, 3.8) is 0 Å². The molecule has 5 heteroatoms. The quantitative estimate of drug-likeness (QED) is 0.881. The van der Waals surface area contributed by atoms with Crippen LogP contribution in [0.5, 0.6) is 5.75 Å². The Morgan fingerprint density at radius 3 is 2.12 bits per heavy atom. The number of nitrogens with one attached hydrogen (secondary N) is 2. The van der Waals surface area contributed by atoms with E-state index >= 15 is 0 Å². The first kappa shape index (κ1) is 17.5. The zero-order valence-electron chi connectivity index (χ0n) is 14.3. The van der Waals surface area contributed by atoms with Gasteiger partial charge in [0, 0.05) is 18.3 Å². The fourth-order valence-electron chi connectivity index (χ4n) is 2.18. The van der Waals surface area contributed by atoms with E-state index in [0.717, 1.165) is 11.1 Å². The topological polar surface area (TPSA) is 67.4 Å². The third-order valence-corrected chi connectivity index (χ3v) is 3.70. The lowest BCUT2D eigenvalue weighted by Crippen LogP contribution is -2.30. The Hall–Kier alpha value is -2.82. The van der Waals surface area contributed by atoms with E-state index in [1.807, 2.05) is 32.0 Å². The van der Waals surface area contributed by atoms with E-state index in [1.54, 1.807) is 31.2 Å². The van der Waals surface area contributed by atoms with Gasteiger partial charge < -0.3 is 15.4 Å². The molecule has 0 spiro atoms. The zero-order chi connectivity index (χ0) is 17.7. The molecule has 5 nitrogen and oxygen atoms in total. The second-order valence-corrected chi connectivity index (χ2v) is 5.71. The summed E-state index contributed by atoms with van der Waals surface area (Å²) < 4.78 is 5.77. The number of amides is 2.